The van der Waals surface area contributed by atoms with Gasteiger partial charge in [-0.15, -0.1) is 0 Å². The Labute approximate surface area is 102 Å². The second-order valence-corrected chi connectivity index (χ2v) is 6.55. The summed E-state index contributed by atoms with van der Waals surface area (Å²) in [6.07, 6.45) is 3.77. The summed E-state index contributed by atoms with van der Waals surface area (Å²) in [6, 6.07) is 0. The lowest BCUT2D eigenvalue weighted by molar-refractivity contribution is -0.132. The fourth-order valence-electron chi connectivity index (χ4n) is 2.48. The number of hydrogen-bond donors (Lipinski definition) is 1. The minimum Gasteiger partial charge on any atom is -0.388 e. The number of aliphatic hydroxyl groups is 1. The Morgan fingerprint density at radius 1 is 1.50 bits per heavy atom. The highest BCUT2D eigenvalue weighted by atomic mass is 32.2. The van der Waals surface area contributed by atoms with Crippen LogP contribution in [0.4, 0.5) is 0 Å². The molecule has 16 heavy (non-hydrogen) atoms. The normalized spacial score (nSPS) is 32.0. The van der Waals surface area contributed by atoms with Gasteiger partial charge in [-0.2, -0.15) is 11.8 Å². The second-order valence-electron chi connectivity index (χ2n) is 5.32. The maximum atomic E-state index is 12.0. The highest BCUT2D eigenvalue weighted by Gasteiger charge is 2.34. The van der Waals surface area contributed by atoms with Crippen molar-refractivity contribution in [3.8, 4) is 0 Å². The monoisotopic (exact) mass is 243 g/mol. The third-order valence-corrected chi connectivity index (χ3v) is 4.66. The first-order chi connectivity index (χ1) is 7.57. The van der Waals surface area contributed by atoms with Crippen molar-refractivity contribution in [1.29, 1.82) is 0 Å². The van der Waals surface area contributed by atoms with Crippen molar-refractivity contribution in [2.24, 2.45) is 5.92 Å². The van der Waals surface area contributed by atoms with Crippen LogP contribution in [-0.2, 0) is 4.79 Å². The minimum atomic E-state index is -0.655. The van der Waals surface area contributed by atoms with Gasteiger partial charge in [-0.25, -0.2) is 0 Å². The van der Waals surface area contributed by atoms with Crippen LogP contribution in [0.2, 0.25) is 0 Å². The van der Waals surface area contributed by atoms with Gasteiger partial charge in [0.05, 0.1) is 5.60 Å². The molecule has 2 rings (SSSR count). The average Bonchev–Trinajstić information content (AvgIpc) is 2.60. The van der Waals surface area contributed by atoms with Crippen LogP contribution in [0.5, 0.6) is 0 Å². The zero-order chi connectivity index (χ0) is 11.6. The lowest BCUT2D eigenvalue weighted by atomic mass is 9.98. The molecule has 1 amide bonds. The Kier molecular flexibility index (Phi) is 3.80. The Balaban J connectivity index is 1.79. The van der Waals surface area contributed by atoms with Crippen LogP contribution < -0.4 is 0 Å². The topological polar surface area (TPSA) is 40.5 Å². The third-order valence-electron chi connectivity index (χ3n) is 3.61. The van der Waals surface area contributed by atoms with E-state index in [1.165, 1.54) is 24.3 Å². The summed E-state index contributed by atoms with van der Waals surface area (Å²) in [5.41, 5.74) is -0.655. The fraction of sp³-hybridized carbons (Fsp3) is 0.917. The van der Waals surface area contributed by atoms with Crippen LogP contribution in [0.15, 0.2) is 0 Å². The molecule has 2 saturated heterocycles. The van der Waals surface area contributed by atoms with Crippen LogP contribution >= 0.6 is 11.8 Å². The Morgan fingerprint density at radius 3 is 2.75 bits per heavy atom. The molecular weight excluding hydrogens is 222 g/mol. The standard InChI is InChI=1S/C12H21NO2S/c1-12(15)4-5-13(9-12)11(14)8-10-2-6-16-7-3-10/h10,15H,2-9H2,1H3. The van der Waals surface area contributed by atoms with E-state index in [1.54, 1.807) is 0 Å². The van der Waals surface area contributed by atoms with Gasteiger partial charge in [0.25, 0.3) is 0 Å². The van der Waals surface area contributed by atoms with Crippen molar-refractivity contribution in [2.45, 2.75) is 38.2 Å². The van der Waals surface area contributed by atoms with Crippen molar-refractivity contribution in [1.82, 2.24) is 4.90 Å². The molecule has 1 N–H and O–H groups in total. The Hall–Kier alpha value is -0.220. The van der Waals surface area contributed by atoms with Gasteiger partial charge in [0.2, 0.25) is 5.91 Å². The molecule has 0 aromatic heterocycles. The molecule has 0 aromatic carbocycles. The highest BCUT2D eigenvalue weighted by Crippen LogP contribution is 2.27. The number of carbonyl (C=O) groups is 1. The Bertz CT molecular complexity index is 262. The summed E-state index contributed by atoms with van der Waals surface area (Å²) in [7, 11) is 0. The predicted molar refractivity (Wildman–Crippen MR) is 66.5 cm³/mol. The van der Waals surface area contributed by atoms with E-state index in [-0.39, 0.29) is 5.91 Å². The van der Waals surface area contributed by atoms with Gasteiger partial charge in [-0.3, -0.25) is 4.79 Å². The van der Waals surface area contributed by atoms with Crippen molar-refractivity contribution in [3.63, 3.8) is 0 Å². The van der Waals surface area contributed by atoms with Gasteiger partial charge in [-0.1, -0.05) is 0 Å². The average molecular weight is 243 g/mol. The number of likely N-dealkylation sites (tertiary alicyclic amines) is 1. The van der Waals surface area contributed by atoms with E-state index in [0.717, 1.165) is 13.0 Å². The predicted octanol–water partition coefficient (Wildman–Crippen LogP) is 1.50. The molecule has 4 heteroatoms. The van der Waals surface area contributed by atoms with Crippen LogP contribution in [0, 0.1) is 5.92 Å². The zero-order valence-corrected chi connectivity index (χ0v) is 10.8. The molecule has 0 aliphatic carbocycles. The Morgan fingerprint density at radius 2 is 2.19 bits per heavy atom. The number of carbonyl (C=O) groups excluding carboxylic acids is 1. The van der Waals surface area contributed by atoms with Crippen molar-refractivity contribution >= 4 is 17.7 Å². The first kappa shape index (κ1) is 12.2. The van der Waals surface area contributed by atoms with E-state index in [9.17, 15) is 9.90 Å². The highest BCUT2D eigenvalue weighted by molar-refractivity contribution is 7.99. The van der Waals surface area contributed by atoms with Crippen LogP contribution in [0.25, 0.3) is 0 Å². The lowest BCUT2D eigenvalue weighted by Gasteiger charge is -2.24. The lowest BCUT2D eigenvalue weighted by Crippen LogP contribution is -2.35. The zero-order valence-electron chi connectivity index (χ0n) is 9.95. The molecule has 2 aliphatic heterocycles. The molecule has 1 unspecified atom stereocenters. The molecule has 92 valence electrons. The maximum Gasteiger partial charge on any atom is 0.222 e. The molecule has 0 radical (unpaired) electrons. The van der Waals surface area contributed by atoms with Gasteiger partial charge in [0.1, 0.15) is 0 Å². The number of thioether (sulfide) groups is 1. The summed E-state index contributed by atoms with van der Waals surface area (Å²) in [4.78, 5) is 13.8. The summed E-state index contributed by atoms with van der Waals surface area (Å²) in [5, 5.41) is 9.82. The van der Waals surface area contributed by atoms with Crippen molar-refractivity contribution in [3.05, 3.63) is 0 Å². The first-order valence-electron chi connectivity index (χ1n) is 6.15. The van der Waals surface area contributed by atoms with E-state index in [2.05, 4.69) is 0 Å². The van der Waals surface area contributed by atoms with E-state index < -0.39 is 5.60 Å². The number of amides is 1. The largest absolute Gasteiger partial charge is 0.388 e. The molecule has 0 bridgehead atoms. The smallest absolute Gasteiger partial charge is 0.222 e. The molecule has 1 atom stereocenters. The van der Waals surface area contributed by atoms with Crippen molar-refractivity contribution in [2.75, 3.05) is 24.6 Å². The van der Waals surface area contributed by atoms with E-state index >= 15 is 0 Å². The van der Waals surface area contributed by atoms with Gasteiger partial charge < -0.3 is 10.0 Å². The van der Waals surface area contributed by atoms with Crippen molar-refractivity contribution < 1.29 is 9.90 Å². The molecule has 2 heterocycles. The maximum absolute atomic E-state index is 12.0. The third kappa shape index (κ3) is 3.14. The fourth-order valence-corrected chi connectivity index (χ4v) is 3.69. The molecule has 2 fully saturated rings. The van der Waals surface area contributed by atoms with Gasteiger partial charge in [-0.05, 0) is 43.6 Å². The quantitative estimate of drug-likeness (QED) is 0.799. The van der Waals surface area contributed by atoms with Crippen LogP contribution in [0.3, 0.4) is 0 Å². The molecule has 3 nitrogen and oxygen atoms in total. The summed E-state index contributed by atoms with van der Waals surface area (Å²) in [5.74, 6) is 3.24. The van der Waals surface area contributed by atoms with Gasteiger partial charge in [0.15, 0.2) is 0 Å². The SMILES string of the molecule is CC1(O)CCN(C(=O)CC2CCSCC2)C1. The summed E-state index contributed by atoms with van der Waals surface area (Å²) >= 11 is 1.99. The number of hydrogen-bond acceptors (Lipinski definition) is 3. The van der Waals surface area contributed by atoms with E-state index in [0.29, 0.717) is 18.9 Å². The van der Waals surface area contributed by atoms with E-state index in [4.69, 9.17) is 0 Å². The number of β-amino-alcohol motifs (C(OH)–C–C–N with tert-alkyl or cyclic N) is 1. The second kappa shape index (κ2) is 4.96. The van der Waals surface area contributed by atoms with E-state index in [1.807, 2.05) is 23.6 Å². The first-order valence-corrected chi connectivity index (χ1v) is 7.30. The molecule has 0 spiro atoms. The molecule has 0 aromatic rings. The number of rotatable bonds is 2. The molecular formula is C12H21NO2S. The molecule has 0 saturated carbocycles. The summed E-state index contributed by atoms with van der Waals surface area (Å²) in [6.45, 7) is 3.07. The molecule has 2 aliphatic rings. The minimum absolute atomic E-state index is 0.245. The van der Waals surface area contributed by atoms with Crippen LogP contribution in [-0.4, -0.2) is 46.1 Å². The van der Waals surface area contributed by atoms with Gasteiger partial charge >= 0.3 is 0 Å². The summed E-state index contributed by atoms with van der Waals surface area (Å²) < 4.78 is 0. The van der Waals surface area contributed by atoms with Crippen LogP contribution in [0.1, 0.15) is 32.6 Å². The number of nitrogens with zero attached hydrogens (tertiary/aromatic N) is 1. The van der Waals surface area contributed by atoms with Gasteiger partial charge in [0, 0.05) is 19.5 Å².